The highest BCUT2D eigenvalue weighted by atomic mass is 35.5. The number of aromatic amines is 1. The molecule has 3 rings (SSSR count). The minimum absolute atomic E-state index is 0.0417. The van der Waals surface area contributed by atoms with E-state index in [2.05, 4.69) is 15.4 Å². The van der Waals surface area contributed by atoms with Crippen molar-refractivity contribution in [1.29, 1.82) is 0 Å². The molecule has 1 aromatic carbocycles. The van der Waals surface area contributed by atoms with Gasteiger partial charge in [-0.15, -0.1) is 0 Å². The number of aromatic nitrogens is 2. The molecular weight excluding hydrogens is 435 g/mol. The van der Waals surface area contributed by atoms with E-state index in [0.29, 0.717) is 0 Å². The summed E-state index contributed by atoms with van der Waals surface area (Å²) in [4.78, 5) is 5.06. The number of para-hydroxylation sites is 1. The fourth-order valence-electron chi connectivity index (χ4n) is 2.76. The van der Waals surface area contributed by atoms with Crippen LogP contribution in [0.2, 0.25) is 5.02 Å². The highest BCUT2D eigenvalue weighted by Crippen LogP contribution is 2.43. The van der Waals surface area contributed by atoms with Crippen molar-refractivity contribution in [1.82, 2.24) is 10.2 Å². The summed E-state index contributed by atoms with van der Waals surface area (Å²) in [5.74, 6) is -0.430. The molecule has 7 nitrogen and oxygen atoms in total. The highest BCUT2D eigenvalue weighted by molar-refractivity contribution is 8.06. The average molecular weight is 452 g/mol. The molecule has 1 atom stereocenters. The zero-order valence-corrected chi connectivity index (χ0v) is 17.1. The van der Waals surface area contributed by atoms with Crippen LogP contribution < -0.4 is 4.74 Å². The minimum Gasteiger partial charge on any atom is -0.438 e. The third-order valence-corrected chi connectivity index (χ3v) is 6.61. The van der Waals surface area contributed by atoms with Crippen molar-refractivity contribution in [2.24, 2.45) is 5.16 Å². The predicted molar refractivity (Wildman–Crippen MR) is 99.7 cm³/mol. The summed E-state index contributed by atoms with van der Waals surface area (Å²) in [5, 5.41) is 7.08. The number of halogens is 4. The van der Waals surface area contributed by atoms with Crippen molar-refractivity contribution in [3.63, 3.8) is 0 Å². The van der Waals surface area contributed by atoms with E-state index in [9.17, 15) is 21.6 Å². The largest absolute Gasteiger partial charge is 0.438 e. The van der Waals surface area contributed by atoms with E-state index < -0.39 is 44.0 Å². The molecule has 1 aliphatic rings. The van der Waals surface area contributed by atoms with Crippen molar-refractivity contribution >= 4 is 26.5 Å². The van der Waals surface area contributed by atoms with Crippen molar-refractivity contribution in [3.05, 3.63) is 40.5 Å². The van der Waals surface area contributed by atoms with Crippen LogP contribution in [-0.4, -0.2) is 29.3 Å². The molecule has 2 heterocycles. The van der Waals surface area contributed by atoms with E-state index in [1.807, 2.05) is 0 Å². The number of oxime groups is 1. The van der Waals surface area contributed by atoms with E-state index in [1.54, 1.807) is 26.0 Å². The van der Waals surface area contributed by atoms with E-state index in [0.717, 1.165) is 6.92 Å². The maximum absolute atomic E-state index is 13.5. The molecule has 1 aliphatic heterocycles. The first kappa shape index (κ1) is 21.4. The number of nitrogens with zero attached hydrogens (tertiary/aromatic N) is 2. The van der Waals surface area contributed by atoms with Gasteiger partial charge < -0.3 is 9.57 Å². The molecule has 0 bridgehead atoms. The van der Waals surface area contributed by atoms with Crippen molar-refractivity contribution < 1.29 is 31.2 Å². The molecule has 1 aromatic heterocycles. The summed E-state index contributed by atoms with van der Waals surface area (Å²) in [6.45, 7) is 4.35. The van der Waals surface area contributed by atoms with Crippen LogP contribution in [0.1, 0.15) is 43.7 Å². The predicted octanol–water partition coefficient (Wildman–Crippen LogP) is 4.86. The summed E-state index contributed by atoms with van der Waals surface area (Å²) in [6, 6.07) is 6.08. The lowest BCUT2D eigenvalue weighted by molar-refractivity contribution is -0.141. The highest BCUT2D eigenvalue weighted by Gasteiger charge is 2.46. The third kappa shape index (κ3) is 4.20. The summed E-state index contributed by atoms with van der Waals surface area (Å²) in [7, 11) is -4.29. The monoisotopic (exact) mass is 451 g/mol. The summed E-state index contributed by atoms with van der Waals surface area (Å²) < 4.78 is 71.9. The smallest absolute Gasteiger partial charge is 0.435 e. The molecule has 0 fully saturated rings. The molecule has 158 valence electrons. The van der Waals surface area contributed by atoms with Gasteiger partial charge >= 0.3 is 6.18 Å². The Kier molecular flexibility index (Phi) is 5.33. The summed E-state index contributed by atoms with van der Waals surface area (Å²) in [5.41, 5.74) is -2.93. The second-order valence-corrected chi connectivity index (χ2v) is 9.72. The van der Waals surface area contributed by atoms with E-state index >= 15 is 0 Å². The maximum Gasteiger partial charge on any atom is 0.435 e. The molecule has 2 aromatic rings. The molecule has 0 radical (unpaired) electrons. The Bertz CT molecular complexity index is 1060. The standard InChI is InChI=1S/C17H17ClF3N3O4S/c1-9(29(25,26)12-8-16(2,3)28-24-12)13-14(17(19,20)21)22-23-15(13)27-11-7-5-4-6-10(11)18/h4-7,9H,8H2,1-3H3,(H,22,23). The van der Waals surface area contributed by atoms with Gasteiger partial charge in [0, 0.05) is 6.42 Å². The van der Waals surface area contributed by atoms with Gasteiger partial charge in [0.1, 0.15) is 11.4 Å². The zero-order valence-electron chi connectivity index (χ0n) is 15.5. The molecule has 12 heteroatoms. The normalized spacial score (nSPS) is 17.6. The molecule has 1 unspecified atom stereocenters. The maximum atomic E-state index is 13.5. The van der Waals surface area contributed by atoms with Gasteiger partial charge in [-0.2, -0.15) is 18.3 Å². The van der Waals surface area contributed by atoms with E-state index in [1.165, 1.54) is 12.1 Å². The lowest BCUT2D eigenvalue weighted by Crippen LogP contribution is -2.26. The molecule has 0 aliphatic carbocycles. The minimum atomic E-state index is -4.91. The van der Waals surface area contributed by atoms with Gasteiger partial charge in [0.15, 0.2) is 10.7 Å². The lowest BCUT2D eigenvalue weighted by Gasteiger charge is -2.17. The molecule has 29 heavy (non-hydrogen) atoms. The Morgan fingerprint density at radius 3 is 2.52 bits per heavy atom. The number of nitrogens with one attached hydrogen (secondary N) is 1. The van der Waals surface area contributed by atoms with Crippen LogP contribution in [0.5, 0.6) is 11.6 Å². The molecule has 0 saturated carbocycles. The average Bonchev–Trinajstić information content (AvgIpc) is 3.19. The van der Waals surface area contributed by atoms with Gasteiger partial charge in [-0.3, -0.25) is 0 Å². The lowest BCUT2D eigenvalue weighted by atomic mass is 10.1. The molecule has 0 amide bonds. The van der Waals surface area contributed by atoms with Crippen LogP contribution in [0.25, 0.3) is 0 Å². The second kappa shape index (κ2) is 7.21. The van der Waals surface area contributed by atoms with Crippen LogP contribution in [0.4, 0.5) is 13.2 Å². The number of rotatable bonds is 4. The SMILES string of the molecule is CC(c1c(C(F)(F)F)n[nH]c1Oc1ccccc1Cl)S(=O)(=O)C1=NOC(C)(C)C1. The number of hydrogen-bond donors (Lipinski definition) is 1. The summed E-state index contributed by atoms with van der Waals surface area (Å²) in [6.07, 6.45) is -4.98. The van der Waals surface area contributed by atoms with Gasteiger partial charge in [0.05, 0.1) is 15.8 Å². The van der Waals surface area contributed by atoms with Crippen molar-refractivity contribution in [2.75, 3.05) is 0 Å². The zero-order chi connectivity index (χ0) is 21.6. The number of sulfone groups is 1. The van der Waals surface area contributed by atoms with E-state index in [4.69, 9.17) is 21.2 Å². The Morgan fingerprint density at radius 1 is 1.31 bits per heavy atom. The van der Waals surface area contributed by atoms with Gasteiger partial charge in [-0.1, -0.05) is 28.9 Å². The van der Waals surface area contributed by atoms with Gasteiger partial charge in [0.2, 0.25) is 15.7 Å². The Hall–Kier alpha value is -2.27. The van der Waals surface area contributed by atoms with E-state index in [-0.39, 0.29) is 22.2 Å². The van der Waals surface area contributed by atoms with Crippen LogP contribution in [0.3, 0.4) is 0 Å². The molecule has 0 spiro atoms. The van der Waals surface area contributed by atoms with Crippen molar-refractivity contribution in [2.45, 2.75) is 44.2 Å². The number of H-pyrrole nitrogens is 1. The van der Waals surface area contributed by atoms with Crippen LogP contribution >= 0.6 is 11.6 Å². The quantitative estimate of drug-likeness (QED) is 0.716. The Balaban J connectivity index is 2.07. The van der Waals surface area contributed by atoms with Crippen LogP contribution in [0.15, 0.2) is 29.4 Å². The fourth-order valence-corrected chi connectivity index (χ4v) is 4.56. The molecule has 1 N–H and O–H groups in total. The molecule has 0 saturated heterocycles. The van der Waals surface area contributed by atoms with Gasteiger partial charge in [0.25, 0.3) is 0 Å². The van der Waals surface area contributed by atoms with Gasteiger partial charge in [-0.05, 0) is 32.9 Å². The molecular formula is C17H17ClF3N3O4S. The summed E-state index contributed by atoms with van der Waals surface area (Å²) >= 11 is 5.99. The third-order valence-electron chi connectivity index (χ3n) is 4.26. The van der Waals surface area contributed by atoms with Crippen LogP contribution in [0, 0.1) is 0 Å². The number of hydrogen-bond acceptors (Lipinski definition) is 6. The Labute approximate surface area is 169 Å². The first-order chi connectivity index (χ1) is 13.3. The second-order valence-electron chi connectivity index (χ2n) is 7.05. The van der Waals surface area contributed by atoms with Crippen LogP contribution in [-0.2, 0) is 20.9 Å². The topological polar surface area (TPSA) is 93.6 Å². The number of benzene rings is 1. The fraction of sp³-hybridized carbons (Fsp3) is 0.412. The number of ether oxygens (including phenoxy) is 1. The first-order valence-electron chi connectivity index (χ1n) is 8.40. The van der Waals surface area contributed by atoms with Gasteiger partial charge in [-0.25, -0.2) is 13.5 Å². The Morgan fingerprint density at radius 2 is 1.97 bits per heavy atom. The first-order valence-corrected chi connectivity index (χ1v) is 10.3. The number of alkyl halides is 3. The van der Waals surface area contributed by atoms with Crippen molar-refractivity contribution in [3.8, 4) is 11.6 Å².